The molecule has 0 fully saturated rings. The second-order valence-electron chi connectivity index (χ2n) is 4.09. The predicted octanol–water partition coefficient (Wildman–Crippen LogP) is 4.15. The number of hydrogen-bond acceptors (Lipinski definition) is 4. The molecule has 1 aromatic heterocycles. The lowest BCUT2D eigenvalue weighted by Gasteiger charge is -1.99. The number of carbonyl (C=O) groups excluding carboxylic acids is 1. The molecule has 0 aliphatic rings. The molecule has 0 bridgehead atoms. The van der Waals surface area contributed by atoms with Gasteiger partial charge < -0.3 is 4.42 Å². The first kappa shape index (κ1) is 16.5. The van der Waals surface area contributed by atoms with Gasteiger partial charge in [0.2, 0.25) is 0 Å². The summed E-state index contributed by atoms with van der Waals surface area (Å²) >= 11 is 6.26. The highest BCUT2D eigenvalue weighted by Gasteiger charge is 2.07. The fraction of sp³-hybridized carbons (Fsp3) is 0.143. The molecular formula is C14H11ClF2N2O2S. The minimum Gasteiger partial charge on any atom is -0.459 e. The second-order valence-corrected chi connectivity index (χ2v) is 5.50. The quantitative estimate of drug-likeness (QED) is 0.632. The third kappa shape index (κ3) is 5.16. The van der Waals surface area contributed by atoms with Crippen LogP contribution in [-0.2, 0) is 5.75 Å². The molecule has 0 saturated carbocycles. The zero-order valence-electron chi connectivity index (χ0n) is 11.1. The van der Waals surface area contributed by atoms with E-state index in [-0.39, 0.29) is 5.75 Å². The van der Waals surface area contributed by atoms with Crippen molar-refractivity contribution in [1.29, 1.82) is 0 Å². The molecule has 0 spiro atoms. The van der Waals surface area contributed by atoms with E-state index >= 15 is 0 Å². The Hall–Kier alpha value is -1.86. The summed E-state index contributed by atoms with van der Waals surface area (Å²) in [4.78, 5) is 11.8. The smallest absolute Gasteiger partial charge is 0.284 e. The third-order valence-corrected chi connectivity index (χ3v) is 3.42. The van der Waals surface area contributed by atoms with Crippen molar-refractivity contribution < 1.29 is 18.0 Å². The van der Waals surface area contributed by atoms with E-state index in [2.05, 4.69) is 10.5 Å². The van der Waals surface area contributed by atoms with Crippen LogP contribution in [0.5, 0.6) is 0 Å². The molecule has 2 rings (SSSR count). The Balaban J connectivity index is 1.88. The number of carbonyl (C=O) groups is 1. The maximum absolute atomic E-state index is 12.0. The number of thioether (sulfide) groups is 1. The first-order valence-corrected chi connectivity index (χ1v) is 7.54. The maximum atomic E-state index is 12.0. The molecule has 0 aliphatic heterocycles. The van der Waals surface area contributed by atoms with Crippen molar-refractivity contribution in [3.8, 4) is 0 Å². The Bertz CT molecular complexity index is 676. The number of hydrazone groups is 1. The highest BCUT2D eigenvalue weighted by Crippen LogP contribution is 2.20. The highest BCUT2D eigenvalue weighted by molar-refractivity contribution is 7.98. The second kappa shape index (κ2) is 7.95. The molecule has 116 valence electrons. The van der Waals surface area contributed by atoms with Crippen molar-refractivity contribution in [1.82, 2.24) is 5.43 Å². The van der Waals surface area contributed by atoms with Gasteiger partial charge in [0.05, 0.1) is 12.0 Å². The van der Waals surface area contributed by atoms with Gasteiger partial charge in [-0.15, -0.1) is 0 Å². The van der Waals surface area contributed by atoms with E-state index in [4.69, 9.17) is 16.0 Å². The third-order valence-electron chi connectivity index (χ3n) is 2.48. The monoisotopic (exact) mass is 344 g/mol. The SMILES string of the molecule is O=C(N/N=C\c1ccc(CSC(F)F)o1)c1cccc(Cl)c1. The number of hydrogen-bond donors (Lipinski definition) is 1. The van der Waals surface area contributed by atoms with E-state index in [1.54, 1.807) is 30.3 Å². The number of halogens is 3. The molecular weight excluding hydrogens is 334 g/mol. The lowest BCUT2D eigenvalue weighted by atomic mass is 10.2. The van der Waals surface area contributed by atoms with Crippen LogP contribution in [0.25, 0.3) is 0 Å². The van der Waals surface area contributed by atoms with E-state index in [0.29, 0.717) is 33.9 Å². The van der Waals surface area contributed by atoms with Gasteiger partial charge in [-0.25, -0.2) is 5.43 Å². The topological polar surface area (TPSA) is 54.6 Å². The first-order valence-electron chi connectivity index (χ1n) is 6.12. The number of benzene rings is 1. The van der Waals surface area contributed by atoms with Crippen molar-refractivity contribution in [2.24, 2.45) is 5.10 Å². The van der Waals surface area contributed by atoms with Gasteiger partial charge in [0.15, 0.2) is 0 Å². The van der Waals surface area contributed by atoms with E-state index in [9.17, 15) is 13.6 Å². The van der Waals surface area contributed by atoms with Gasteiger partial charge in [0, 0.05) is 10.6 Å². The molecule has 0 atom stereocenters. The zero-order chi connectivity index (χ0) is 15.9. The van der Waals surface area contributed by atoms with Crippen molar-refractivity contribution in [3.05, 3.63) is 58.5 Å². The van der Waals surface area contributed by atoms with Gasteiger partial charge >= 0.3 is 0 Å². The van der Waals surface area contributed by atoms with E-state index < -0.39 is 11.7 Å². The molecule has 0 saturated heterocycles. The molecule has 1 aromatic carbocycles. The maximum Gasteiger partial charge on any atom is 0.284 e. The average Bonchev–Trinajstić information content (AvgIpc) is 2.93. The Kier molecular flexibility index (Phi) is 5.97. The molecule has 2 aromatic rings. The van der Waals surface area contributed by atoms with Crippen molar-refractivity contribution >= 4 is 35.5 Å². The number of nitrogens with one attached hydrogen (secondary N) is 1. The number of furan rings is 1. The number of rotatable bonds is 6. The van der Waals surface area contributed by atoms with Crippen LogP contribution in [-0.4, -0.2) is 17.9 Å². The Morgan fingerprint density at radius 1 is 1.41 bits per heavy atom. The van der Waals surface area contributed by atoms with Gasteiger partial charge in [-0.3, -0.25) is 4.79 Å². The number of alkyl halides is 2. The average molecular weight is 345 g/mol. The van der Waals surface area contributed by atoms with Crippen molar-refractivity contribution in [3.63, 3.8) is 0 Å². The Labute approximate surface area is 134 Å². The molecule has 1 heterocycles. The van der Waals surface area contributed by atoms with Crippen LogP contribution in [0.1, 0.15) is 21.9 Å². The van der Waals surface area contributed by atoms with Crippen LogP contribution in [0.4, 0.5) is 8.78 Å². The highest BCUT2D eigenvalue weighted by atomic mass is 35.5. The fourth-order valence-corrected chi connectivity index (χ4v) is 2.17. The van der Waals surface area contributed by atoms with Gasteiger partial charge in [0.1, 0.15) is 11.5 Å². The molecule has 4 nitrogen and oxygen atoms in total. The molecule has 0 radical (unpaired) electrons. The standard InChI is InChI=1S/C14H11ClF2N2O2S/c15-10-3-1-2-9(6-10)13(20)19-18-7-11-4-5-12(21-11)8-22-14(16)17/h1-7,14H,8H2,(H,19,20)/b18-7-. The number of nitrogens with zero attached hydrogens (tertiary/aromatic N) is 1. The fourth-order valence-electron chi connectivity index (χ4n) is 1.54. The summed E-state index contributed by atoms with van der Waals surface area (Å²) in [6, 6.07) is 9.58. The normalized spacial score (nSPS) is 11.3. The summed E-state index contributed by atoms with van der Waals surface area (Å²) in [7, 11) is 0. The summed E-state index contributed by atoms with van der Waals surface area (Å²) in [5.41, 5.74) is 2.69. The Morgan fingerprint density at radius 3 is 2.95 bits per heavy atom. The minimum atomic E-state index is -2.45. The van der Waals surface area contributed by atoms with Crippen molar-refractivity contribution in [2.45, 2.75) is 11.5 Å². The molecule has 0 aliphatic carbocycles. The van der Waals surface area contributed by atoms with E-state index in [1.807, 2.05) is 0 Å². The van der Waals surface area contributed by atoms with Gasteiger partial charge in [0.25, 0.3) is 11.7 Å². The first-order chi connectivity index (χ1) is 10.5. The van der Waals surface area contributed by atoms with Crippen molar-refractivity contribution in [2.75, 3.05) is 0 Å². The zero-order valence-corrected chi connectivity index (χ0v) is 12.7. The van der Waals surface area contributed by atoms with Crippen LogP contribution in [0, 0.1) is 0 Å². The van der Waals surface area contributed by atoms with Gasteiger partial charge in [-0.2, -0.15) is 13.9 Å². The van der Waals surface area contributed by atoms with E-state index in [0.717, 1.165) is 0 Å². The van der Waals surface area contributed by atoms with Gasteiger partial charge in [-0.05, 0) is 30.3 Å². The molecule has 1 N–H and O–H groups in total. The minimum absolute atomic E-state index is 0.0698. The molecule has 8 heteroatoms. The summed E-state index contributed by atoms with van der Waals surface area (Å²) < 4.78 is 29.4. The number of amides is 1. The lowest BCUT2D eigenvalue weighted by molar-refractivity contribution is 0.0955. The van der Waals surface area contributed by atoms with Crippen LogP contribution in [0.15, 0.2) is 45.9 Å². The van der Waals surface area contributed by atoms with Gasteiger partial charge in [-0.1, -0.05) is 29.4 Å². The summed E-state index contributed by atoms with van der Waals surface area (Å²) in [6.07, 6.45) is 1.29. The predicted molar refractivity (Wildman–Crippen MR) is 82.5 cm³/mol. The summed E-state index contributed by atoms with van der Waals surface area (Å²) in [5.74, 6) is -2.03. The van der Waals surface area contributed by atoms with Crippen LogP contribution >= 0.6 is 23.4 Å². The molecule has 0 unspecified atom stereocenters. The van der Waals surface area contributed by atoms with Crippen LogP contribution in [0.2, 0.25) is 5.02 Å². The van der Waals surface area contributed by atoms with Crippen LogP contribution in [0.3, 0.4) is 0 Å². The Morgan fingerprint density at radius 2 is 2.23 bits per heavy atom. The van der Waals surface area contributed by atoms with E-state index in [1.165, 1.54) is 12.3 Å². The summed E-state index contributed by atoms with van der Waals surface area (Å²) in [5, 5.41) is 4.19. The lowest BCUT2D eigenvalue weighted by Crippen LogP contribution is -2.17. The molecule has 22 heavy (non-hydrogen) atoms. The van der Waals surface area contributed by atoms with Crippen LogP contribution < -0.4 is 5.43 Å². The largest absolute Gasteiger partial charge is 0.459 e. The molecule has 1 amide bonds. The summed E-state index contributed by atoms with van der Waals surface area (Å²) in [6.45, 7) is 0.